The summed E-state index contributed by atoms with van der Waals surface area (Å²) in [5.74, 6) is 0.938. The third kappa shape index (κ3) is 3.68. The molecule has 1 heterocycles. The molecule has 5 heteroatoms. The highest BCUT2D eigenvalue weighted by Gasteiger charge is 2.11. The van der Waals surface area contributed by atoms with Crippen molar-refractivity contribution in [3.05, 3.63) is 40.4 Å². The lowest BCUT2D eigenvalue weighted by molar-refractivity contribution is -0.121. The number of nitrogens with one attached hydrogen (secondary N) is 1. The molecule has 0 spiro atoms. The Labute approximate surface area is 124 Å². The van der Waals surface area contributed by atoms with Crippen LogP contribution in [0.15, 0.2) is 29.1 Å². The molecule has 1 amide bonds. The molecule has 21 heavy (non-hydrogen) atoms. The standard InChI is InChI=1S/C16H21N3O2/c1-11(2)8-9-17-15(20)10-19-12(3)18-14-7-5-4-6-13(14)16(19)21/h4-7,11H,8-10H2,1-3H3,(H,17,20). The lowest BCUT2D eigenvalue weighted by atomic mass is 10.1. The van der Waals surface area contributed by atoms with Crippen molar-refractivity contribution in [3.63, 3.8) is 0 Å². The molecule has 0 bridgehead atoms. The first-order valence-corrected chi connectivity index (χ1v) is 7.22. The SMILES string of the molecule is Cc1nc2ccccc2c(=O)n1CC(=O)NCCC(C)C. The first-order chi connectivity index (χ1) is 9.99. The monoisotopic (exact) mass is 287 g/mol. The van der Waals surface area contributed by atoms with Crippen molar-refractivity contribution in [1.82, 2.24) is 14.9 Å². The molecule has 0 saturated heterocycles. The van der Waals surface area contributed by atoms with Gasteiger partial charge >= 0.3 is 0 Å². The first kappa shape index (κ1) is 15.2. The average molecular weight is 287 g/mol. The number of carbonyl (C=O) groups excluding carboxylic acids is 1. The van der Waals surface area contributed by atoms with Crippen LogP contribution in [0.1, 0.15) is 26.1 Å². The van der Waals surface area contributed by atoms with Gasteiger partial charge in [-0.3, -0.25) is 14.2 Å². The molecule has 0 saturated carbocycles. The second-order valence-electron chi connectivity index (χ2n) is 5.60. The van der Waals surface area contributed by atoms with E-state index in [9.17, 15) is 9.59 Å². The van der Waals surface area contributed by atoms with Crippen LogP contribution >= 0.6 is 0 Å². The Bertz CT molecular complexity index is 704. The van der Waals surface area contributed by atoms with Gasteiger partial charge < -0.3 is 5.32 Å². The van der Waals surface area contributed by atoms with E-state index in [-0.39, 0.29) is 18.0 Å². The van der Waals surface area contributed by atoms with E-state index in [4.69, 9.17) is 0 Å². The van der Waals surface area contributed by atoms with Gasteiger partial charge in [-0.2, -0.15) is 0 Å². The van der Waals surface area contributed by atoms with Crippen molar-refractivity contribution >= 4 is 16.8 Å². The van der Waals surface area contributed by atoms with E-state index in [0.717, 1.165) is 6.42 Å². The molecule has 1 aromatic heterocycles. The second kappa shape index (κ2) is 6.52. The average Bonchev–Trinajstić information content (AvgIpc) is 2.43. The van der Waals surface area contributed by atoms with E-state index in [1.165, 1.54) is 4.57 Å². The number of carbonyl (C=O) groups is 1. The maximum absolute atomic E-state index is 12.4. The van der Waals surface area contributed by atoms with Gasteiger partial charge in [-0.25, -0.2) is 4.98 Å². The number of aryl methyl sites for hydroxylation is 1. The van der Waals surface area contributed by atoms with E-state index >= 15 is 0 Å². The van der Waals surface area contributed by atoms with Crippen molar-refractivity contribution < 1.29 is 4.79 Å². The van der Waals surface area contributed by atoms with Crippen LogP contribution in [0.5, 0.6) is 0 Å². The highest BCUT2D eigenvalue weighted by molar-refractivity contribution is 5.79. The Morgan fingerprint density at radius 2 is 2.05 bits per heavy atom. The molecule has 1 N–H and O–H groups in total. The van der Waals surface area contributed by atoms with Gasteiger partial charge in [0, 0.05) is 6.54 Å². The van der Waals surface area contributed by atoms with E-state index in [1.807, 2.05) is 6.07 Å². The summed E-state index contributed by atoms with van der Waals surface area (Å²) >= 11 is 0. The number of benzene rings is 1. The molecule has 2 aromatic rings. The molecule has 0 aliphatic heterocycles. The number of rotatable bonds is 5. The van der Waals surface area contributed by atoms with Crippen LogP contribution in [-0.4, -0.2) is 22.0 Å². The first-order valence-electron chi connectivity index (χ1n) is 7.22. The van der Waals surface area contributed by atoms with Crippen LogP contribution in [0.2, 0.25) is 0 Å². The number of nitrogens with zero attached hydrogens (tertiary/aromatic N) is 2. The number of hydrogen-bond acceptors (Lipinski definition) is 3. The van der Waals surface area contributed by atoms with Gasteiger partial charge in [0.05, 0.1) is 10.9 Å². The van der Waals surface area contributed by atoms with Crippen molar-refractivity contribution in [2.45, 2.75) is 33.7 Å². The second-order valence-corrected chi connectivity index (χ2v) is 5.60. The minimum Gasteiger partial charge on any atom is -0.355 e. The highest BCUT2D eigenvalue weighted by Crippen LogP contribution is 2.07. The largest absolute Gasteiger partial charge is 0.355 e. The zero-order valence-electron chi connectivity index (χ0n) is 12.7. The normalized spacial score (nSPS) is 11.0. The summed E-state index contributed by atoms with van der Waals surface area (Å²) in [6.07, 6.45) is 0.926. The van der Waals surface area contributed by atoms with Gasteiger partial charge in [0.25, 0.3) is 5.56 Å². The smallest absolute Gasteiger partial charge is 0.261 e. The maximum atomic E-state index is 12.4. The summed E-state index contributed by atoms with van der Waals surface area (Å²) in [6.45, 7) is 6.60. The van der Waals surface area contributed by atoms with Crippen LogP contribution in [-0.2, 0) is 11.3 Å². The van der Waals surface area contributed by atoms with Crippen molar-refractivity contribution in [2.24, 2.45) is 5.92 Å². The third-order valence-electron chi connectivity index (χ3n) is 3.40. The summed E-state index contributed by atoms with van der Waals surface area (Å²) in [5.41, 5.74) is 0.494. The summed E-state index contributed by atoms with van der Waals surface area (Å²) < 4.78 is 1.42. The summed E-state index contributed by atoms with van der Waals surface area (Å²) in [6, 6.07) is 7.18. The summed E-state index contributed by atoms with van der Waals surface area (Å²) in [5, 5.41) is 3.38. The van der Waals surface area contributed by atoms with Gasteiger partial charge in [-0.15, -0.1) is 0 Å². The topological polar surface area (TPSA) is 64.0 Å². The zero-order chi connectivity index (χ0) is 15.4. The number of hydrogen-bond donors (Lipinski definition) is 1. The van der Waals surface area contributed by atoms with Crippen LogP contribution < -0.4 is 10.9 Å². The lowest BCUT2D eigenvalue weighted by Gasteiger charge is -2.11. The Kier molecular flexibility index (Phi) is 4.73. The summed E-state index contributed by atoms with van der Waals surface area (Å²) in [7, 11) is 0. The molecule has 0 aliphatic carbocycles. The van der Waals surface area contributed by atoms with Gasteiger partial charge in [0.15, 0.2) is 0 Å². The number of aromatic nitrogens is 2. The number of para-hydroxylation sites is 1. The Morgan fingerprint density at radius 3 is 2.76 bits per heavy atom. The van der Waals surface area contributed by atoms with Crippen molar-refractivity contribution in [2.75, 3.05) is 6.54 Å². The summed E-state index contributed by atoms with van der Waals surface area (Å²) in [4.78, 5) is 28.7. The molecule has 5 nitrogen and oxygen atoms in total. The maximum Gasteiger partial charge on any atom is 0.261 e. The molecular weight excluding hydrogens is 266 g/mol. The molecule has 112 valence electrons. The predicted octanol–water partition coefficient (Wildman–Crippen LogP) is 1.87. The van der Waals surface area contributed by atoms with E-state index < -0.39 is 0 Å². The van der Waals surface area contributed by atoms with Crippen LogP contribution in [0.3, 0.4) is 0 Å². The third-order valence-corrected chi connectivity index (χ3v) is 3.40. The fourth-order valence-corrected chi connectivity index (χ4v) is 2.16. The highest BCUT2D eigenvalue weighted by atomic mass is 16.2. The van der Waals surface area contributed by atoms with Crippen LogP contribution in [0.4, 0.5) is 0 Å². The fraction of sp³-hybridized carbons (Fsp3) is 0.438. The van der Waals surface area contributed by atoms with Gasteiger partial charge in [0.1, 0.15) is 12.4 Å². The van der Waals surface area contributed by atoms with Crippen LogP contribution in [0.25, 0.3) is 10.9 Å². The molecule has 0 aliphatic rings. The van der Waals surface area contributed by atoms with Crippen molar-refractivity contribution in [3.8, 4) is 0 Å². The Balaban J connectivity index is 2.18. The van der Waals surface area contributed by atoms with E-state index in [1.54, 1.807) is 25.1 Å². The van der Waals surface area contributed by atoms with E-state index in [0.29, 0.717) is 29.2 Å². The number of amides is 1. The van der Waals surface area contributed by atoms with Gasteiger partial charge in [-0.1, -0.05) is 26.0 Å². The van der Waals surface area contributed by atoms with E-state index in [2.05, 4.69) is 24.1 Å². The minimum absolute atomic E-state index is 0.0145. The van der Waals surface area contributed by atoms with Crippen molar-refractivity contribution in [1.29, 1.82) is 0 Å². The quantitative estimate of drug-likeness (QED) is 0.913. The lowest BCUT2D eigenvalue weighted by Crippen LogP contribution is -2.34. The number of fused-ring (bicyclic) bond motifs is 1. The van der Waals surface area contributed by atoms with Gasteiger partial charge in [-0.05, 0) is 31.4 Å². The molecule has 0 radical (unpaired) electrons. The Hall–Kier alpha value is -2.17. The predicted molar refractivity (Wildman–Crippen MR) is 83.2 cm³/mol. The molecular formula is C16H21N3O2. The Morgan fingerprint density at radius 1 is 1.33 bits per heavy atom. The minimum atomic E-state index is -0.169. The molecule has 1 aromatic carbocycles. The molecule has 0 unspecified atom stereocenters. The molecule has 2 rings (SSSR count). The zero-order valence-corrected chi connectivity index (χ0v) is 12.7. The van der Waals surface area contributed by atoms with Crippen LogP contribution in [0, 0.1) is 12.8 Å². The molecule has 0 fully saturated rings. The fourth-order valence-electron chi connectivity index (χ4n) is 2.16. The molecule has 0 atom stereocenters. The van der Waals surface area contributed by atoms with Gasteiger partial charge in [0.2, 0.25) is 5.91 Å².